The Morgan fingerprint density at radius 1 is 1.06 bits per heavy atom. The lowest BCUT2D eigenvalue weighted by atomic mass is 9.87. The van der Waals surface area contributed by atoms with Crippen LogP contribution in [0.25, 0.3) is 11.3 Å². The number of ether oxygens (including phenoxy) is 1. The molecule has 158 valence electrons. The smallest absolute Gasteiger partial charge is 0.292 e. The summed E-state index contributed by atoms with van der Waals surface area (Å²) < 4.78 is 11.4. The highest BCUT2D eigenvalue weighted by Gasteiger charge is 2.15. The number of hydrogen-bond donors (Lipinski definition) is 2. The fourth-order valence-electron chi connectivity index (χ4n) is 3.03. The van der Waals surface area contributed by atoms with Gasteiger partial charge in [-0.1, -0.05) is 32.9 Å². The minimum absolute atomic E-state index is 0.0925. The SMILES string of the molecule is CC(C)(C)c1ccc(OCc2ccc(C(=O)Nc3cc(-c4ccncc4)[nH]n3)o2)cc1. The van der Waals surface area contributed by atoms with Crippen molar-refractivity contribution < 1.29 is 13.9 Å². The van der Waals surface area contributed by atoms with Gasteiger partial charge in [-0.3, -0.25) is 14.9 Å². The van der Waals surface area contributed by atoms with E-state index in [2.05, 4.69) is 53.4 Å². The van der Waals surface area contributed by atoms with Crippen LogP contribution in [0.2, 0.25) is 0 Å². The Morgan fingerprint density at radius 3 is 2.52 bits per heavy atom. The Morgan fingerprint density at radius 2 is 1.81 bits per heavy atom. The molecule has 0 fully saturated rings. The van der Waals surface area contributed by atoms with Gasteiger partial charge in [0.15, 0.2) is 11.6 Å². The summed E-state index contributed by atoms with van der Waals surface area (Å²) >= 11 is 0. The molecule has 3 heterocycles. The van der Waals surface area contributed by atoms with Gasteiger partial charge in [0.25, 0.3) is 5.91 Å². The average Bonchev–Trinajstić information content (AvgIpc) is 3.42. The van der Waals surface area contributed by atoms with E-state index < -0.39 is 0 Å². The predicted molar refractivity (Wildman–Crippen MR) is 118 cm³/mol. The van der Waals surface area contributed by atoms with Gasteiger partial charge in [-0.25, -0.2) is 0 Å². The minimum atomic E-state index is -0.381. The van der Waals surface area contributed by atoms with Crippen LogP contribution in [0.1, 0.15) is 42.6 Å². The number of carbonyl (C=O) groups is 1. The van der Waals surface area contributed by atoms with Crippen LogP contribution in [-0.2, 0) is 12.0 Å². The summed E-state index contributed by atoms with van der Waals surface area (Å²) in [5.41, 5.74) is 3.04. The first-order valence-corrected chi connectivity index (χ1v) is 9.98. The molecule has 31 heavy (non-hydrogen) atoms. The van der Waals surface area contributed by atoms with Crippen LogP contribution in [0.15, 0.2) is 71.4 Å². The van der Waals surface area contributed by atoms with Crippen LogP contribution in [0, 0.1) is 0 Å². The molecular formula is C24H24N4O3. The number of amides is 1. The summed E-state index contributed by atoms with van der Waals surface area (Å²) in [5.74, 6) is 1.52. The van der Waals surface area contributed by atoms with Gasteiger partial charge >= 0.3 is 0 Å². The number of anilines is 1. The molecule has 7 nitrogen and oxygen atoms in total. The number of hydrogen-bond acceptors (Lipinski definition) is 5. The molecule has 0 atom stereocenters. The first kappa shape index (κ1) is 20.4. The Balaban J connectivity index is 1.34. The van der Waals surface area contributed by atoms with Gasteiger partial charge in [-0.05, 0) is 47.4 Å². The number of benzene rings is 1. The number of aromatic nitrogens is 3. The van der Waals surface area contributed by atoms with Gasteiger partial charge in [0.05, 0.1) is 5.69 Å². The third-order valence-electron chi connectivity index (χ3n) is 4.80. The number of nitrogens with zero attached hydrogens (tertiary/aromatic N) is 2. The lowest BCUT2D eigenvalue weighted by molar-refractivity contribution is 0.0992. The number of furan rings is 1. The molecule has 4 aromatic rings. The topological polar surface area (TPSA) is 93.0 Å². The quantitative estimate of drug-likeness (QED) is 0.451. The lowest BCUT2D eigenvalue weighted by Gasteiger charge is -2.19. The number of nitrogens with one attached hydrogen (secondary N) is 2. The third-order valence-corrected chi connectivity index (χ3v) is 4.80. The van der Waals surface area contributed by atoms with E-state index in [0.29, 0.717) is 11.6 Å². The summed E-state index contributed by atoms with van der Waals surface area (Å²) in [4.78, 5) is 16.5. The van der Waals surface area contributed by atoms with Crippen LogP contribution in [0.4, 0.5) is 5.82 Å². The standard InChI is InChI=1S/C24H24N4O3/c1-24(2,3)17-4-6-18(7-5-17)30-15-19-8-9-21(31-19)23(29)26-22-14-20(27-28-22)16-10-12-25-13-11-16/h4-14H,15H2,1-3H3,(H2,26,27,28,29). The predicted octanol–water partition coefficient (Wildman–Crippen LogP) is 5.19. The van der Waals surface area contributed by atoms with Crippen molar-refractivity contribution in [2.24, 2.45) is 0 Å². The molecule has 7 heteroatoms. The molecule has 0 unspecified atom stereocenters. The highest BCUT2D eigenvalue weighted by atomic mass is 16.5. The van der Waals surface area contributed by atoms with E-state index in [0.717, 1.165) is 17.0 Å². The van der Waals surface area contributed by atoms with Gasteiger partial charge in [0.2, 0.25) is 0 Å². The van der Waals surface area contributed by atoms with Gasteiger partial charge in [-0.15, -0.1) is 0 Å². The van der Waals surface area contributed by atoms with E-state index in [1.54, 1.807) is 30.6 Å². The Hall–Kier alpha value is -3.87. The highest BCUT2D eigenvalue weighted by Crippen LogP contribution is 2.25. The zero-order chi connectivity index (χ0) is 21.8. The molecule has 0 aliphatic heterocycles. The molecule has 0 aliphatic carbocycles. The molecule has 4 rings (SSSR count). The minimum Gasteiger partial charge on any atom is -0.486 e. The van der Waals surface area contributed by atoms with Gasteiger partial charge in [0.1, 0.15) is 18.1 Å². The van der Waals surface area contributed by atoms with E-state index in [4.69, 9.17) is 9.15 Å². The molecular weight excluding hydrogens is 392 g/mol. The molecule has 0 saturated heterocycles. The summed E-state index contributed by atoms with van der Waals surface area (Å²) in [6, 6.07) is 16.8. The Kier molecular flexibility index (Phi) is 5.58. The highest BCUT2D eigenvalue weighted by molar-refractivity contribution is 6.01. The van der Waals surface area contributed by atoms with Gasteiger partial charge < -0.3 is 14.5 Å². The molecule has 3 aromatic heterocycles. The van der Waals surface area contributed by atoms with E-state index in [9.17, 15) is 4.79 Å². The number of carbonyl (C=O) groups excluding carboxylic acids is 1. The first-order valence-electron chi connectivity index (χ1n) is 9.98. The van der Waals surface area contributed by atoms with Crippen LogP contribution in [0.5, 0.6) is 5.75 Å². The number of aromatic amines is 1. The summed E-state index contributed by atoms with van der Waals surface area (Å²) in [5, 5.41) is 9.74. The van der Waals surface area contributed by atoms with Crippen LogP contribution in [0.3, 0.4) is 0 Å². The zero-order valence-corrected chi connectivity index (χ0v) is 17.7. The van der Waals surface area contributed by atoms with Crippen molar-refractivity contribution in [1.82, 2.24) is 15.2 Å². The molecule has 0 aliphatic rings. The summed E-state index contributed by atoms with van der Waals surface area (Å²) in [6.07, 6.45) is 3.39. The van der Waals surface area contributed by atoms with E-state index in [-0.39, 0.29) is 23.7 Å². The molecule has 0 bridgehead atoms. The lowest BCUT2D eigenvalue weighted by Crippen LogP contribution is -2.11. The number of pyridine rings is 1. The Labute approximate surface area is 180 Å². The molecule has 2 N–H and O–H groups in total. The van der Waals surface area contributed by atoms with E-state index in [1.807, 2.05) is 24.3 Å². The van der Waals surface area contributed by atoms with Crippen LogP contribution >= 0.6 is 0 Å². The molecule has 0 radical (unpaired) electrons. The second kappa shape index (κ2) is 8.47. The largest absolute Gasteiger partial charge is 0.486 e. The van der Waals surface area contributed by atoms with Crippen LogP contribution < -0.4 is 10.1 Å². The molecule has 1 aromatic carbocycles. The second-order valence-corrected chi connectivity index (χ2v) is 8.19. The van der Waals surface area contributed by atoms with Crippen molar-refractivity contribution in [3.8, 4) is 17.0 Å². The average molecular weight is 416 g/mol. The van der Waals surface area contributed by atoms with Crippen molar-refractivity contribution in [1.29, 1.82) is 0 Å². The maximum atomic E-state index is 12.5. The first-order chi connectivity index (χ1) is 14.9. The maximum Gasteiger partial charge on any atom is 0.292 e. The van der Waals surface area contributed by atoms with Crippen LogP contribution in [-0.4, -0.2) is 21.1 Å². The number of H-pyrrole nitrogens is 1. The monoisotopic (exact) mass is 416 g/mol. The number of rotatable bonds is 6. The second-order valence-electron chi connectivity index (χ2n) is 8.19. The normalized spacial score (nSPS) is 11.3. The van der Waals surface area contributed by atoms with Crippen molar-refractivity contribution in [3.63, 3.8) is 0 Å². The summed E-state index contributed by atoms with van der Waals surface area (Å²) in [6.45, 7) is 6.74. The molecule has 1 amide bonds. The fraction of sp³-hybridized carbons (Fsp3) is 0.208. The maximum absolute atomic E-state index is 12.5. The third kappa shape index (κ3) is 5.01. The van der Waals surface area contributed by atoms with Gasteiger partial charge in [-0.2, -0.15) is 5.10 Å². The van der Waals surface area contributed by atoms with Crippen molar-refractivity contribution >= 4 is 11.7 Å². The van der Waals surface area contributed by atoms with E-state index in [1.165, 1.54) is 5.56 Å². The van der Waals surface area contributed by atoms with E-state index >= 15 is 0 Å². The zero-order valence-electron chi connectivity index (χ0n) is 17.7. The molecule has 0 spiro atoms. The van der Waals surface area contributed by atoms with Gasteiger partial charge in [0, 0.05) is 24.0 Å². The summed E-state index contributed by atoms with van der Waals surface area (Å²) in [7, 11) is 0. The van der Waals surface area contributed by atoms with Crippen molar-refractivity contribution in [2.45, 2.75) is 32.8 Å². The Bertz CT molecular complexity index is 1160. The fourth-order valence-corrected chi connectivity index (χ4v) is 3.03. The van der Waals surface area contributed by atoms with Crippen molar-refractivity contribution in [2.75, 3.05) is 5.32 Å². The van der Waals surface area contributed by atoms with Crippen molar-refractivity contribution in [3.05, 3.63) is 84.1 Å². The molecule has 0 saturated carbocycles.